The highest BCUT2D eigenvalue weighted by molar-refractivity contribution is 6.33. The molecule has 142 valence electrons. The van der Waals surface area contributed by atoms with E-state index in [4.69, 9.17) is 21.1 Å². The van der Waals surface area contributed by atoms with Crippen molar-refractivity contribution in [3.8, 4) is 5.88 Å². The summed E-state index contributed by atoms with van der Waals surface area (Å²) in [5.74, 6) is 0.530. The number of halogens is 1. The van der Waals surface area contributed by atoms with Crippen molar-refractivity contribution < 1.29 is 14.3 Å². The number of piperazine rings is 1. The van der Waals surface area contributed by atoms with E-state index in [1.165, 1.54) is 0 Å². The molecule has 4 rings (SSSR count). The molecule has 1 unspecified atom stereocenters. The minimum atomic E-state index is -0.00272. The fourth-order valence-electron chi connectivity index (χ4n) is 3.39. The summed E-state index contributed by atoms with van der Waals surface area (Å²) in [5, 5.41) is 0.740. The lowest BCUT2D eigenvalue weighted by atomic mass is 10.2. The number of ether oxygens (including phenoxy) is 2. The first-order valence-electron chi connectivity index (χ1n) is 9.20. The van der Waals surface area contributed by atoms with Gasteiger partial charge >= 0.3 is 0 Å². The van der Waals surface area contributed by atoms with E-state index >= 15 is 0 Å². The molecule has 0 spiro atoms. The number of carbonyl (C=O) groups excluding carboxylic acids is 1. The summed E-state index contributed by atoms with van der Waals surface area (Å²) in [6, 6.07) is 11.3. The number of hydrogen-bond donors (Lipinski definition) is 0. The number of carbonyl (C=O) groups is 1. The predicted molar refractivity (Wildman–Crippen MR) is 104 cm³/mol. The summed E-state index contributed by atoms with van der Waals surface area (Å²) < 4.78 is 11.0. The fourth-order valence-corrected chi connectivity index (χ4v) is 3.65. The molecule has 2 saturated heterocycles. The van der Waals surface area contributed by atoms with Gasteiger partial charge in [-0.25, -0.2) is 4.98 Å². The van der Waals surface area contributed by atoms with Crippen molar-refractivity contribution in [3.05, 3.63) is 53.2 Å². The maximum atomic E-state index is 12.7. The first kappa shape index (κ1) is 18.1. The van der Waals surface area contributed by atoms with Crippen molar-refractivity contribution in [2.45, 2.75) is 12.5 Å². The number of pyridine rings is 1. The average Bonchev–Trinajstić information content (AvgIpc) is 3.22. The van der Waals surface area contributed by atoms with Gasteiger partial charge in [0.2, 0.25) is 5.88 Å². The van der Waals surface area contributed by atoms with Crippen molar-refractivity contribution in [3.63, 3.8) is 0 Å². The van der Waals surface area contributed by atoms with Crippen molar-refractivity contribution in [1.82, 2.24) is 9.88 Å². The van der Waals surface area contributed by atoms with E-state index in [0.717, 1.165) is 36.8 Å². The molecule has 1 aromatic carbocycles. The molecule has 0 N–H and O–H groups in total. The summed E-state index contributed by atoms with van der Waals surface area (Å²) in [6.07, 6.45) is 2.52. The number of anilines is 1. The van der Waals surface area contributed by atoms with Gasteiger partial charge in [0, 0.05) is 44.9 Å². The number of para-hydroxylation sites is 1. The maximum Gasteiger partial charge on any atom is 0.255 e. The lowest BCUT2D eigenvalue weighted by molar-refractivity contribution is 0.0746. The Morgan fingerprint density at radius 3 is 2.63 bits per heavy atom. The Kier molecular flexibility index (Phi) is 5.45. The first-order valence-corrected chi connectivity index (χ1v) is 9.58. The first-order chi connectivity index (χ1) is 13.2. The monoisotopic (exact) mass is 387 g/mol. The van der Waals surface area contributed by atoms with Crippen LogP contribution >= 0.6 is 11.6 Å². The molecule has 27 heavy (non-hydrogen) atoms. The zero-order chi connectivity index (χ0) is 18.6. The number of benzene rings is 1. The summed E-state index contributed by atoms with van der Waals surface area (Å²) in [5.41, 5.74) is 1.60. The molecule has 2 fully saturated rings. The normalized spacial score (nSPS) is 20.0. The van der Waals surface area contributed by atoms with Crippen molar-refractivity contribution in [2.75, 3.05) is 44.3 Å². The lowest BCUT2D eigenvalue weighted by Crippen LogP contribution is -2.48. The molecule has 3 heterocycles. The Hall–Kier alpha value is -2.31. The molecule has 0 bridgehead atoms. The second-order valence-electron chi connectivity index (χ2n) is 6.72. The highest BCUT2D eigenvalue weighted by Gasteiger charge is 2.24. The van der Waals surface area contributed by atoms with Gasteiger partial charge in [0.15, 0.2) is 0 Å². The predicted octanol–water partition coefficient (Wildman–Crippen LogP) is 2.87. The van der Waals surface area contributed by atoms with E-state index in [2.05, 4.69) is 9.88 Å². The number of aromatic nitrogens is 1. The molecule has 7 heteroatoms. The molecule has 1 atom stereocenters. The summed E-state index contributed by atoms with van der Waals surface area (Å²) in [4.78, 5) is 21.1. The highest BCUT2D eigenvalue weighted by Crippen LogP contribution is 2.26. The quantitative estimate of drug-likeness (QED) is 0.807. The Bertz CT molecular complexity index is 785. The SMILES string of the molecule is O=C(c1ccc(OC2CCOC2)nc1)N1CCN(c2ccccc2Cl)CC1. The van der Waals surface area contributed by atoms with Gasteiger partial charge < -0.3 is 19.3 Å². The molecule has 2 aliphatic heterocycles. The van der Waals surface area contributed by atoms with Gasteiger partial charge in [0.1, 0.15) is 6.10 Å². The zero-order valence-electron chi connectivity index (χ0n) is 15.0. The molecule has 0 radical (unpaired) electrons. The van der Waals surface area contributed by atoms with Crippen molar-refractivity contribution in [1.29, 1.82) is 0 Å². The lowest BCUT2D eigenvalue weighted by Gasteiger charge is -2.36. The number of nitrogens with zero attached hydrogens (tertiary/aromatic N) is 3. The van der Waals surface area contributed by atoms with E-state index in [9.17, 15) is 4.79 Å². The zero-order valence-corrected chi connectivity index (χ0v) is 15.8. The van der Waals surface area contributed by atoms with Crippen LogP contribution < -0.4 is 9.64 Å². The Morgan fingerprint density at radius 1 is 1.15 bits per heavy atom. The Balaban J connectivity index is 1.34. The summed E-state index contributed by atoms with van der Waals surface area (Å²) >= 11 is 6.28. The standard InChI is InChI=1S/C20H22ClN3O3/c21-17-3-1-2-4-18(17)23-8-10-24(11-9-23)20(25)15-5-6-19(22-13-15)27-16-7-12-26-14-16/h1-6,13,16H,7-12,14H2. The summed E-state index contributed by atoms with van der Waals surface area (Å²) in [7, 11) is 0. The second kappa shape index (κ2) is 8.15. The van der Waals surface area contributed by atoms with Gasteiger partial charge in [-0.15, -0.1) is 0 Å². The van der Waals surface area contributed by atoms with Crippen molar-refractivity contribution in [2.24, 2.45) is 0 Å². The van der Waals surface area contributed by atoms with Gasteiger partial charge in [-0.2, -0.15) is 0 Å². The molecule has 2 aromatic rings. The van der Waals surface area contributed by atoms with Crippen LogP contribution in [0.4, 0.5) is 5.69 Å². The number of hydrogen-bond acceptors (Lipinski definition) is 5. The van der Waals surface area contributed by atoms with Crippen LogP contribution in [0.15, 0.2) is 42.6 Å². The molecular weight excluding hydrogens is 366 g/mol. The van der Waals surface area contributed by atoms with Crippen LogP contribution in [-0.4, -0.2) is 61.3 Å². The third kappa shape index (κ3) is 4.17. The van der Waals surface area contributed by atoms with Gasteiger partial charge in [-0.05, 0) is 18.2 Å². The molecule has 2 aliphatic rings. The molecule has 1 amide bonds. The summed E-state index contributed by atoms with van der Waals surface area (Å²) in [6.45, 7) is 4.14. The Labute approximate surface area is 163 Å². The highest BCUT2D eigenvalue weighted by atomic mass is 35.5. The van der Waals surface area contributed by atoms with Gasteiger partial charge in [-0.1, -0.05) is 23.7 Å². The fraction of sp³-hybridized carbons (Fsp3) is 0.400. The topological polar surface area (TPSA) is 54.9 Å². The minimum Gasteiger partial charge on any atom is -0.472 e. The van der Waals surface area contributed by atoms with Crippen LogP contribution in [0.1, 0.15) is 16.8 Å². The molecule has 0 aliphatic carbocycles. The van der Waals surface area contributed by atoms with Crippen LogP contribution in [0.3, 0.4) is 0 Å². The molecule has 0 saturated carbocycles. The molecular formula is C20H22ClN3O3. The van der Waals surface area contributed by atoms with Gasteiger partial charge in [0.05, 0.1) is 29.5 Å². The van der Waals surface area contributed by atoms with E-state index < -0.39 is 0 Å². The third-order valence-electron chi connectivity index (χ3n) is 4.92. The minimum absolute atomic E-state index is 0.00272. The van der Waals surface area contributed by atoms with Crippen LogP contribution in [0.2, 0.25) is 5.02 Å². The average molecular weight is 388 g/mol. The van der Waals surface area contributed by atoms with Crippen molar-refractivity contribution >= 4 is 23.2 Å². The smallest absolute Gasteiger partial charge is 0.255 e. The van der Waals surface area contributed by atoms with Crippen LogP contribution in [0, 0.1) is 0 Å². The number of rotatable bonds is 4. The largest absolute Gasteiger partial charge is 0.472 e. The third-order valence-corrected chi connectivity index (χ3v) is 5.24. The van der Waals surface area contributed by atoms with Crippen LogP contribution in [0.25, 0.3) is 0 Å². The number of amides is 1. The molecule has 1 aromatic heterocycles. The van der Waals surface area contributed by atoms with E-state index in [1.807, 2.05) is 29.2 Å². The maximum absolute atomic E-state index is 12.7. The second-order valence-corrected chi connectivity index (χ2v) is 7.13. The Morgan fingerprint density at radius 2 is 1.96 bits per heavy atom. The van der Waals surface area contributed by atoms with E-state index in [0.29, 0.717) is 31.1 Å². The van der Waals surface area contributed by atoms with Gasteiger partial charge in [-0.3, -0.25) is 4.79 Å². The molecule has 6 nitrogen and oxygen atoms in total. The van der Waals surface area contributed by atoms with Crippen LogP contribution in [-0.2, 0) is 4.74 Å². The van der Waals surface area contributed by atoms with E-state index in [-0.39, 0.29) is 12.0 Å². The van der Waals surface area contributed by atoms with Crippen LogP contribution in [0.5, 0.6) is 5.88 Å². The van der Waals surface area contributed by atoms with Gasteiger partial charge in [0.25, 0.3) is 5.91 Å². The van der Waals surface area contributed by atoms with E-state index in [1.54, 1.807) is 18.3 Å².